The summed E-state index contributed by atoms with van der Waals surface area (Å²) in [6, 6.07) is 3.97. The van der Waals surface area contributed by atoms with E-state index in [4.69, 9.17) is 16.3 Å². The Morgan fingerprint density at radius 2 is 2.25 bits per heavy atom. The Morgan fingerprint density at radius 3 is 2.90 bits per heavy atom. The van der Waals surface area contributed by atoms with E-state index in [0.717, 1.165) is 0 Å². The molecule has 9 heteroatoms. The monoisotopic (exact) mass is 296 g/mol. The molecule has 1 N–H and O–H groups in total. The molecule has 0 fully saturated rings. The lowest BCUT2D eigenvalue weighted by Gasteiger charge is -2.03. The molecule has 0 amide bonds. The number of H-pyrrole nitrogens is 1. The molecule has 104 valence electrons. The van der Waals surface area contributed by atoms with Crippen LogP contribution in [0.2, 0.25) is 5.02 Å². The molecule has 20 heavy (non-hydrogen) atoms. The normalized spacial score (nSPS) is 10.3. The van der Waals surface area contributed by atoms with Gasteiger partial charge < -0.3 is 4.74 Å². The highest BCUT2D eigenvalue weighted by atomic mass is 35.5. The van der Waals surface area contributed by atoms with Gasteiger partial charge in [0.2, 0.25) is 0 Å². The minimum absolute atomic E-state index is 0.0256. The van der Waals surface area contributed by atoms with Crippen LogP contribution in [0.4, 0.5) is 5.69 Å². The van der Waals surface area contributed by atoms with Gasteiger partial charge in [0.15, 0.2) is 5.69 Å². The van der Waals surface area contributed by atoms with E-state index in [1.165, 1.54) is 18.2 Å². The molecular formula is C11H9ClN4O4. The number of nitrogens with one attached hydrogen (secondary N) is 1. The Kier molecular flexibility index (Phi) is 3.94. The zero-order chi connectivity index (χ0) is 14.7. The van der Waals surface area contributed by atoms with Gasteiger partial charge in [-0.2, -0.15) is 10.3 Å². The molecular weight excluding hydrogens is 288 g/mol. The summed E-state index contributed by atoms with van der Waals surface area (Å²) < 4.78 is 4.81. The quantitative estimate of drug-likeness (QED) is 0.526. The topological polar surface area (TPSA) is 111 Å². The summed E-state index contributed by atoms with van der Waals surface area (Å²) in [4.78, 5) is 22.2. The van der Waals surface area contributed by atoms with E-state index in [9.17, 15) is 14.9 Å². The third-order valence-electron chi connectivity index (χ3n) is 2.43. The van der Waals surface area contributed by atoms with Crippen molar-refractivity contribution in [1.29, 1.82) is 0 Å². The van der Waals surface area contributed by atoms with Crippen molar-refractivity contribution in [3.8, 4) is 11.3 Å². The van der Waals surface area contributed by atoms with Crippen LogP contribution in [0.25, 0.3) is 11.3 Å². The van der Waals surface area contributed by atoms with Gasteiger partial charge in [-0.25, -0.2) is 4.79 Å². The fourth-order valence-electron chi connectivity index (χ4n) is 1.62. The van der Waals surface area contributed by atoms with Crippen molar-refractivity contribution < 1.29 is 14.5 Å². The number of aromatic amines is 1. The first kappa shape index (κ1) is 13.9. The van der Waals surface area contributed by atoms with E-state index in [2.05, 4.69) is 15.4 Å². The lowest BCUT2D eigenvalue weighted by Crippen LogP contribution is -2.07. The first-order valence-electron chi connectivity index (χ1n) is 5.56. The molecule has 2 aromatic rings. The molecule has 0 aliphatic rings. The Balaban J connectivity index is 2.57. The highest BCUT2D eigenvalue weighted by Gasteiger charge is 2.25. The molecule has 2 rings (SSSR count). The van der Waals surface area contributed by atoms with Crippen molar-refractivity contribution in [1.82, 2.24) is 15.4 Å². The first-order valence-corrected chi connectivity index (χ1v) is 5.94. The summed E-state index contributed by atoms with van der Waals surface area (Å²) in [5.41, 5.74) is -0.233. The van der Waals surface area contributed by atoms with Crippen LogP contribution in [0.5, 0.6) is 0 Å². The number of nitro benzene ring substituents is 1. The van der Waals surface area contributed by atoms with E-state index in [-0.39, 0.29) is 34.3 Å². The Bertz CT molecular complexity index is 670. The molecule has 0 bridgehead atoms. The molecule has 0 aliphatic carbocycles. The van der Waals surface area contributed by atoms with E-state index >= 15 is 0 Å². The number of halogens is 1. The number of esters is 1. The Morgan fingerprint density at radius 1 is 1.50 bits per heavy atom. The van der Waals surface area contributed by atoms with Crippen molar-refractivity contribution in [2.75, 3.05) is 6.61 Å². The van der Waals surface area contributed by atoms with Crippen LogP contribution >= 0.6 is 11.6 Å². The molecule has 0 aliphatic heterocycles. The van der Waals surface area contributed by atoms with Crippen molar-refractivity contribution in [2.45, 2.75) is 6.92 Å². The second kappa shape index (κ2) is 5.66. The van der Waals surface area contributed by atoms with Gasteiger partial charge >= 0.3 is 5.97 Å². The van der Waals surface area contributed by atoms with E-state index in [1.807, 2.05) is 0 Å². The third-order valence-corrected chi connectivity index (χ3v) is 2.66. The molecule has 0 saturated heterocycles. The third kappa shape index (κ3) is 2.59. The van der Waals surface area contributed by atoms with Crippen LogP contribution in [-0.4, -0.2) is 32.9 Å². The number of benzene rings is 1. The van der Waals surface area contributed by atoms with Gasteiger partial charge in [-0.1, -0.05) is 11.6 Å². The Hall–Kier alpha value is -2.48. The molecule has 1 aromatic carbocycles. The molecule has 0 atom stereocenters. The SMILES string of the molecule is CCOC(=O)c1n[nH]nc1-c1cc(Cl)ccc1[N+](=O)[O-]. The first-order chi connectivity index (χ1) is 9.54. The van der Waals surface area contributed by atoms with Crippen LogP contribution in [0, 0.1) is 10.1 Å². The number of carbonyl (C=O) groups excluding carboxylic acids is 1. The van der Waals surface area contributed by atoms with Crippen molar-refractivity contribution in [3.63, 3.8) is 0 Å². The summed E-state index contributed by atoms with van der Waals surface area (Å²) in [6.45, 7) is 1.79. The standard InChI is InChI=1S/C11H9ClN4O4/c1-2-20-11(17)10-9(13-15-14-10)7-5-6(12)3-4-8(7)16(18)19/h3-5H,2H2,1H3,(H,13,14,15). The maximum atomic E-state index is 11.7. The lowest BCUT2D eigenvalue weighted by molar-refractivity contribution is -0.384. The number of carbonyl (C=O) groups is 1. The maximum Gasteiger partial charge on any atom is 0.361 e. The molecule has 0 radical (unpaired) electrons. The number of ether oxygens (including phenoxy) is 1. The van der Waals surface area contributed by atoms with Gasteiger partial charge in [-0.15, -0.1) is 5.10 Å². The zero-order valence-corrected chi connectivity index (χ0v) is 11.0. The van der Waals surface area contributed by atoms with Gasteiger partial charge in [-0.05, 0) is 19.1 Å². The summed E-state index contributed by atoms with van der Waals surface area (Å²) in [6.07, 6.45) is 0. The minimum atomic E-state index is -0.717. The fourth-order valence-corrected chi connectivity index (χ4v) is 1.79. The molecule has 0 spiro atoms. The van der Waals surface area contributed by atoms with Gasteiger partial charge in [-0.3, -0.25) is 10.1 Å². The molecule has 0 saturated carbocycles. The molecule has 1 aromatic heterocycles. The van der Waals surface area contributed by atoms with Gasteiger partial charge in [0.25, 0.3) is 5.69 Å². The highest BCUT2D eigenvalue weighted by molar-refractivity contribution is 6.31. The van der Waals surface area contributed by atoms with Crippen molar-refractivity contribution in [2.24, 2.45) is 0 Å². The van der Waals surface area contributed by atoms with Gasteiger partial charge in [0, 0.05) is 11.1 Å². The van der Waals surface area contributed by atoms with E-state index in [1.54, 1.807) is 6.92 Å². The number of hydrogen-bond acceptors (Lipinski definition) is 6. The highest BCUT2D eigenvalue weighted by Crippen LogP contribution is 2.32. The molecule has 0 unspecified atom stereocenters. The second-order valence-corrected chi connectivity index (χ2v) is 4.10. The molecule has 8 nitrogen and oxygen atoms in total. The number of rotatable bonds is 4. The van der Waals surface area contributed by atoms with E-state index in [0.29, 0.717) is 0 Å². The van der Waals surface area contributed by atoms with E-state index < -0.39 is 10.9 Å². The van der Waals surface area contributed by atoms with Crippen LogP contribution in [-0.2, 0) is 4.74 Å². The molecule has 1 heterocycles. The predicted octanol–water partition coefficient (Wildman–Crippen LogP) is 2.21. The lowest BCUT2D eigenvalue weighted by atomic mass is 10.1. The summed E-state index contributed by atoms with van der Waals surface area (Å²) in [5, 5.41) is 21.0. The number of nitro groups is 1. The number of aromatic nitrogens is 3. The smallest absolute Gasteiger partial charge is 0.361 e. The fraction of sp³-hybridized carbons (Fsp3) is 0.182. The minimum Gasteiger partial charge on any atom is -0.461 e. The number of hydrogen-bond donors (Lipinski definition) is 1. The van der Waals surface area contributed by atoms with Crippen molar-refractivity contribution >= 4 is 23.3 Å². The van der Waals surface area contributed by atoms with Crippen LogP contribution in [0.3, 0.4) is 0 Å². The zero-order valence-electron chi connectivity index (χ0n) is 10.3. The van der Waals surface area contributed by atoms with Crippen LogP contribution in [0.15, 0.2) is 18.2 Å². The average molecular weight is 297 g/mol. The second-order valence-electron chi connectivity index (χ2n) is 3.66. The largest absolute Gasteiger partial charge is 0.461 e. The van der Waals surface area contributed by atoms with Crippen LogP contribution in [0.1, 0.15) is 17.4 Å². The van der Waals surface area contributed by atoms with Crippen molar-refractivity contribution in [3.05, 3.63) is 39.0 Å². The summed E-state index contributed by atoms with van der Waals surface area (Å²) >= 11 is 5.83. The summed E-state index contributed by atoms with van der Waals surface area (Å²) in [5.74, 6) is -0.717. The Labute approximate surface area is 117 Å². The van der Waals surface area contributed by atoms with Crippen LogP contribution < -0.4 is 0 Å². The summed E-state index contributed by atoms with van der Waals surface area (Å²) in [7, 11) is 0. The maximum absolute atomic E-state index is 11.7. The predicted molar refractivity (Wildman–Crippen MR) is 69.4 cm³/mol. The average Bonchev–Trinajstić information content (AvgIpc) is 2.87. The van der Waals surface area contributed by atoms with Gasteiger partial charge in [0.1, 0.15) is 5.69 Å². The van der Waals surface area contributed by atoms with Gasteiger partial charge in [0.05, 0.1) is 17.1 Å². The number of nitrogens with zero attached hydrogens (tertiary/aromatic N) is 3.